The van der Waals surface area contributed by atoms with E-state index in [1.165, 1.54) is 44.1 Å². The Labute approximate surface area is 244 Å². The maximum atomic E-state index is 13.0. The molecule has 6 heteroatoms. The quantitative estimate of drug-likeness (QED) is 0.240. The van der Waals surface area contributed by atoms with E-state index in [-0.39, 0.29) is 22.1 Å². The third-order valence-corrected chi connectivity index (χ3v) is 10.1. The average molecular weight is 558 g/mol. The first-order valence-corrected chi connectivity index (χ1v) is 14.8. The van der Waals surface area contributed by atoms with Gasteiger partial charge in [0.1, 0.15) is 5.75 Å². The maximum Gasteiger partial charge on any atom is 0.363 e. The van der Waals surface area contributed by atoms with Crippen LogP contribution < -0.4 is 4.74 Å². The van der Waals surface area contributed by atoms with E-state index in [1.807, 2.05) is 12.1 Å². The molecule has 4 bridgehead atoms. The predicted octanol–water partition coefficient (Wildman–Crippen LogP) is 7.35. The zero-order valence-electron chi connectivity index (χ0n) is 23.5. The van der Waals surface area contributed by atoms with Crippen LogP contribution in [0.4, 0.5) is 0 Å². The van der Waals surface area contributed by atoms with Gasteiger partial charge in [0, 0.05) is 5.56 Å². The molecule has 4 aliphatic carbocycles. The lowest BCUT2D eigenvalue weighted by Gasteiger charge is -2.57. The fraction of sp³-hybridized carbons (Fsp3) is 0.306. The Kier molecular flexibility index (Phi) is 5.58. The number of carbonyl (C=O) groups is 3. The third-order valence-electron chi connectivity index (χ3n) is 10.1. The summed E-state index contributed by atoms with van der Waals surface area (Å²) in [6.45, 7) is 0. The Morgan fingerprint density at radius 1 is 0.738 bits per heavy atom. The molecule has 4 saturated carbocycles. The zero-order valence-corrected chi connectivity index (χ0v) is 23.5. The third kappa shape index (κ3) is 3.88. The summed E-state index contributed by atoms with van der Waals surface area (Å²) in [6, 6.07) is 24.6. The Hall–Kier alpha value is -4.45. The number of hydrogen-bond acceptors (Lipinski definition) is 5. The van der Waals surface area contributed by atoms with Gasteiger partial charge < -0.3 is 9.57 Å². The van der Waals surface area contributed by atoms with Gasteiger partial charge >= 0.3 is 5.97 Å². The second kappa shape index (κ2) is 9.28. The van der Waals surface area contributed by atoms with E-state index in [1.54, 1.807) is 43.5 Å². The van der Waals surface area contributed by atoms with Gasteiger partial charge in [0.25, 0.3) is 11.8 Å². The van der Waals surface area contributed by atoms with Gasteiger partial charge in [-0.3, -0.25) is 9.59 Å². The molecule has 42 heavy (non-hydrogen) atoms. The van der Waals surface area contributed by atoms with Crippen molar-refractivity contribution in [2.45, 2.75) is 43.9 Å². The Morgan fingerprint density at radius 2 is 1.31 bits per heavy atom. The molecule has 1 aliphatic heterocycles. The van der Waals surface area contributed by atoms with Gasteiger partial charge in [0.15, 0.2) is 0 Å². The second-order valence-corrected chi connectivity index (χ2v) is 12.7. The minimum atomic E-state index is -0.758. The molecular weight excluding hydrogens is 526 g/mol. The molecule has 0 unspecified atom stereocenters. The number of nitrogens with zero attached hydrogens (tertiary/aromatic N) is 1. The largest absolute Gasteiger partial charge is 0.496 e. The highest BCUT2D eigenvalue weighted by molar-refractivity contribution is 6.21. The van der Waals surface area contributed by atoms with Crippen molar-refractivity contribution in [2.24, 2.45) is 17.8 Å². The molecule has 5 aliphatic rings. The molecule has 4 aromatic carbocycles. The van der Waals surface area contributed by atoms with Crippen LogP contribution in [0.3, 0.4) is 0 Å². The van der Waals surface area contributed by atoms with Crippen molar-refractivity contribution in [2.75, 3.05) is 7.11 Å². The molecule has 0 atom stereocenters. The summed E-state index contributed by atoms with van der Waals surface area (Å²) in [5.74, 6) is 1.52. The number of fused-ring (bicyclic) bond motifs is 2. The summed E-state index contributed by atoms with van der Waals surface area (Å²) >= 11 is 0. The molecule has 4 fully saturated rings. The average Bonchev–Trinajstić information content (AvgIpc) is 3.24. The van der Waals surface area contributed by atoms with Gasteiger partial charge in [-0.25, -0.2) is 4.79 Å². The van der Waals surface area contributed by atoms with E-state index in [4.69, 9.17) is 9.57 Å². The summed E-state index contributed by atoms with van der Waals surface area (Å²) in [7, 11) is 1.78. The lowest BCUT2D eigenvalue weighted by Crippen LogP contribution is -2.48. The van der Waals surface area contributed by atoms with Gasteiger partial charge in [0.05, 0.1) is 23.8 Å². The Balaban J connectivity index is 1.07. The highest BCUT2D eigenvalue weighted by atomic mass is 16.7. The molecule has 0 aromatic heterocycles. The first-order chi connectivity index (χ1) is 20.4. The summed E-state index contributed by atoms with van der Waals surface area (Å²) in [5, 5.41) is 2.40. The monoisotopic (exact) mass is 557 g/mol. The van der Waals surface area contributed by atoms with Gasteiger partial charge in [0.2, 0.25) is 0 Å². The first-order valence-electron chi connectivity index (χ1n) is 14.8. The number of benzene rings is 4. The molecule has 1 heterocycles. The van der Waals surface area contributed by atoms with Crippen LogP contribution in [0.2, 0.25) is 0 Å². The number of amides is 2. The fourth-order valence-corrected chi connectivity index (χ4v) is 8.68. The SMILES string of the molecule is COc1ccc(-c2ccc3cc(C(=O)ON4C(=O)c5ccccc5C4=O)ccc3c2)cc1C12CC3CC(CC(C3)C1)C2. The van der Waals surface area contributed by atoms with Gasteiger partial charge in [-0.1, -0.05) is 41.5 Å². The summed E-state index contributed by atoms with van der Waals surface area (Å²) < 4.78 is 5.92. The van der Waals surface area contributed by atoms with Gasteiger partial charge in [-0.05, 0) is 126 Å². The number of ether oxygens (including phenoxy) is 1. The van der Waals surface area contributed by atoms with E-state index in [2.05, 4.69) is 30.3 Å². The number of methoxy groups -OCH3 is 1. The molecular formula is C36H31NO5. The number of imide groups is 1. The summed E-state index contributed by atoms with van der Waals surface area (Å²) in [5.41, 5.74) is 4.59. The van der Waals surface area contributed by atoms with E-state index in [0.29, 0.717) is 5.06 Å². The van der Waals surface area contributed by atoms with Crippen molar-refractivity contribution in [3.8, 4) is 16.9 Å². The highest BCUT2D eigenvalue weighted by Crippen LogP contribution is 2.62. The number of hydrogen-bond donors (Lipinski definition) is 0. The van der Waals surface area contributed by atoms with Crippen molar-refractivity contribution in [3.63, 3.8) is 0 Å². The standard InChI is InChI=1S/C36H31NO5/c1-41-32-11-10-27(17-31(32)36-18-21-12-22(19-36)14-23(13-21)20-36)25-6-7-26-16-28(9-8-24(26)15-25)35(40)42-37-33(38)29-4-2-3-5-30(29)34(37)39/h2-11,15-17,21-23H,12-14,18-20H2,1H3. The smallest absolute Gasteiger partial charge is 0.363 e. The van der Waals surface area contributed by atoms with Crippen molar-refractivity contribution in [3.05, 3.63) is 101 Å². The van der Waals surface area contributed by atoms with E-state index >= 15 is 0 Å². The molecule has 210 valence electrons. The number of hydroxylamine groups is 2. The molecule has 4 aromatic rings. The Morgan fingerprint density at radius 3 is 1.95 bits per heavy atom. The van der Waals surface area contributed by atoms with Crippen LogP contribution in [0.15, 0.2) is 78.9 Å². The maximum absolute atomic E-state index is 13.0. The van der Waals surface area contributed by atoms with Crippen LogP contribution in [0.1, 0.15) is 75.2 Å². The van der Waals surface area contributed by atoms with Crippen LogP contribution in [-0.2, 0) is 10.3 Å². The molecule has 9 rings (SSSR count). The second-order valence-electron chi connectivity index (χ2n) is 12.7. The molecule has 2 amide bonds. The van der Waals surface area contributed by atoms with Gasteiger partial charge in [-0.15, -0.1) is 0 Å². The van der Waals surface area contributed by atoms with E-state index in [9.17, 15) is 14.4 Å². The first kappa shape index (κ1) is 25.3. The van der Waals surface area contributed by atoms with Crippen LogP contribution in [-0.4, -0.2) is 30.0 Å². The van der Waals surface area contributed by atoms with E-state index < -0.39 is 17.8 Å². The van der Waals surface area contributed by atoms with Crippen LogP contribution >= 0.6 is 0 Å². The number of rotatable bonds is 5. The minimum absolute atomic E-state index is 0.224. The topological polar surface area (TPSA) is 72.9 Å². The van der Waals surface area contributed by atoms with Crippen molar-refractivity contribution in [1.82, 2.24) is 5.06 Å². The highest BCUT2D eigenvalue weighted by Gasteiger charge is 2.52. The molecule has 0 spiro atoms. The lowest BCUT2D eigenvalue weighted by atomic mass is 9.48. The van der Waals surface area contributed by atoms with Crippen LogP contribution in [0.5, 0.6) is 5.75 Å². The van der Waals surface area contributed by atoms with E-state index in [0.717, 1.165) is 45.4 Å². The zero-order chi connectivity index (χ0) is 28.6. The van der Waals surface area contributed by atoms with Crippen molar-refractivity contribution >= 4 is 28.6 Å². The Bertz CT molecular complexity index is 1740. The van der Waals surface area contributed by atoms with Crippen LogP contribution in [0, 0.1) is 17.8 Å². The minimum Gasteiger partial charge on any atom is -0.496 e. The summed E-state index contributed by atoms with van der Waals surface area (Å²) in [6.07, 6.45) is 8.03. The van der Waals surface area contributed by atoms with Gasteiger partial charge in [-0.2, -0.15) is 0 Å². The van der Waals surface area contributed by atoms with Crippen LogP contribution in [0.25, 0.3) is 21.9 Å². The molecule has 0 radical (unpaired) electrons. The molecule has 0 saturated heterocycles. The number of carbonyl (C=O) groups excluding carboxylic acids is 3. The molecule has 0 N–H and O–H groups in total. The van der Waals surface area contributed by atoms with Crippen molar-refractivity contribution < 1.29 is 24.0 Å². The predicted molar refractivity (Wildman–Crippen MR) is 158 cm³/mol. The molecule has 6 nitrogen and oxygen atoms in total. The fourth-order valence-electron chi connectivity index (χ4n) is 8.68. The lowest BCUT2D eigenvalue weighted by molar-refractivity contribution is -0.0584. The summed E-state index contributed by atoms with van der Waals surface area (Å²) in [4.78, 5) is 43.5. The normalized spacial score (nSPS) is 25.6. The van der Waals surface area contributed by atoms with Crippen molar-refractivity contribution in [1.29, 1.82) is 0 Å².